The second-order valence-electron chi connectivity index (χ2n) is 5.07. The van der Waals surface area contributed by atoms with Gasteiger partial charge in [-0.15, -0.1) is 11.3 Å². The molecule has 1 unspecified atom stereocenters. The van der Waals surface area contributed by atoms with Crippen molar-refractivity contribution in [3.05, 3.63) is 33.5 Å². The zero-order valence-corrected chi connectivity index (χ0v) is 12.2. The number of aryl methyl sites for hydroxylation is 2. The molecule has 0 amide bonds. The van der Waals surface area contributed by atoms with Crippen molar-refractivity contribution in [2.75, 3.05) is 5.32 Å². The van der Waals surface area contributed by atoms with Crippen LogP contribution in [0.2, 0.25) is 0 Å². The lowest BCUT2D eigenvalue weighted by molar-refractivity contribution is 0.899. The van der Waals surface area contributed by atoms with E-state index in [4.69, 9.17) is 0 Å². The molecule has 102 valence electrons. The molecule has 0 saturated heterocycles. The average Bonchev–Trinajstić information content (AvgIpc) is 3.15. The summed E-state index contributed by atoms with van der Waals surface area (Å²) in [6, 6.07) is 2.81. The first-order valence-corrected chi connectivity index (χ1v) is 7.47. The van der Waals surface area contributed by atoms with Crippen molar-refractivity contribution < 1.29 is 0 Å². The summed E-state index contributed by atoms with van der Waals surface area (Å²) >= 11 is 1.50. The van der Waals surface area contributed by atoms with Crippen molar-refractivity contribution in [2.24, 2.45) is 0 Å². The second kappa shape index (κ2) is 5.17. The molecule has 20 heavy (non-hydrogen) atoms. The number of nitrogens with one attached hydrogen (secondary N) is 1. The van der Waals surface area contributed by atoms with Crippen LogP contribution in [0.3, 0.4) is 0 Å². The van der Waals surface area contributed by atoms with Crippen molar-refractivity contribution in [2.45, 2.75) is 38.6 Å². The van der Waals surface area contributed by atoms with Crippen LogP contribution in [0.4, 0.5) is 5.95 Å². The maximum absolute atomic E-state index is 9.49. The fraction of sp³-hybridized carbons (Fsp3) is 0.429. The van der Waals surface area contributed by atoms with E-state index in [9.17, 15) is 5.26 Å². The number of hydrogen-bond acceptors (Lipinski definition) is 6. The van der Waals surface area contributed by atoms with E-state index < -0.39 is 5.92 Å². The Morgan fingerprint density at radius 2 is 2.20 bits per heavy atom. The van der Waals surface area contributed by atoms with Crippen LogP contribution in [0.1, 0.15) is 40.7 Å². The van der Waals surface area contributed by atoms with E-state index in [0.29, 0.717) is 12.0 Å². The molecule has 2 aromatic heterocycles. The molecule has 6 heteroatoms. The van der Waals surface area contributed by atoms with E-state index in [2.05, 4.69) is 26.3 Å². The summed E-state index contributed by atoms with van der Waals surface area (Å²) < 4.78 is 0. The van der Waals surface area contributed by atoms with E-state index in [1.54, 1.807) is 6.20 Å². The molecule has 1 aliphatic rings. The minimum atomic E-state index is -0.420. The molecule has 0 radical (unpaired) electrons. The Kier molecular flexibility index (Phi) is 3.36. The summed E-state index contributed by atoms with van der Waals surface area (Å²) in [5, 5.41) is 15.5. The third-order valence-electron chi connectivity index (χ3n) is 3.21. The Morgan fingerprint density at radius 3 is 2.80 bits per heavy atom. The van der Waals surface area contributed by atoms with E-state index in [-0.39, 0.29) is 0 Å². The number of rotatable bonds is 4. The summed E-state index contributed by atoms with van der Waals surface area (Å²) in [5.74, 6) is 0.193. The van der Waals surface area contributed by atoms with Crippen molar-refractivity contribution in [1.29, 1.82) is 5.26 Å². The van der Waals surface area contributed by atoms with Crippen LogP contribution in [0.15, 0.2) is 11.6 Å². The predicted molar refractivity (Wildman–Crippen MR) is 77.7 cm³/mol. The van der Waals surface area contributed by atoms with Gasteiger partial charge in [0, 0.05) is 23.3 Å². The first kappa shape index (κ1) is 13.0. The summed E-state index contributed by atoms with van der Waals surface area (Å²) in [7, 11) is 0. The van der Waals surface area contributed by atoms with Crippen LogP contribution < -0.4 is 5.32 Å². The fourth-order valence-electron chi connectivity index (χ4n) is 1.97. The maximum atomic E-state index is 9.49. The molecule has 3 rings (SSSR count). The van der Waals surface area contributed by atoms with Gasteiger partial charge < -0.3 is 5.32 Å². The molecular formula is C14H15N5S. The summed E-state index contributed by atoms with van der Waals surface area (Å²) in [5.41, 5.74) is 2.61. The molecule has 2 aromatic rings. The largest absolute Gasteiger partial charge is 0.351 e. The normalized spacial score (nSPS) is 15.7. The van der Waals surface area contributed by atoms with E-state index >= 15 is 0 Å². The van der Waals surface area contributed by atoms with Crippen molar-refractivity contribution in [1.82, 2.24) is 15.0 Å². The summed E-state index contributed by atoms with van der Waals surface area (Å²) in [6.07, 6.45) is 4.11. The topological polar surface area (TPSA) is 74.5 Å². The monoisotopic (exact) mass is 285 g/mol. The zero-order chi connectivity index (χ0) is 14.1. The molecule has 0 bridgehead atoms. The van der Waals surface area contributed by atoms with Crippen LogP contribution in [0.5, 0.6) is 0 Å². The molecule has 0 aliphatic heterocycles. The molecule has 5 nitrogen and oxygen atoms in total. The Labute approximate surface area is 121 Å². The molecule has 1 fully saturated rings. The van der Waals surface area contributed by atoms with Gasteiger partial charge in [-0.25, -0.2) is 15.0 Å². The lowest BCUT2D eigenvalue weighted by Crippen LogP contribution is -2.10. The van der Waals surface area contributed by atoms with Crippen molar-refractivity contribution >= 4 is 17.3 Å². The first-order valence-electron chi connectivity index (χ1n) is 6.59. The predicted octanol–water partition coefficient (Wildman–Crippen LogP) is 2.78. The molecule has 1 aliphatic carbocycles. The highest BCUT2D eigenvalue weighted by molar-refractivity contribution is 7.09. The number of hydrogen-bond donors (Lipinski definition) is 1. The fourth-order valence-corrected chi connectivity index (χ4v) is 2.81. The van der Waals surface area contributed by atoms with Gasteiger partial charge in [0.15, 0.2) is 0 Å². The van der Waals surface area contributed by atoms with Crippen LogP contribution in [0, 0.1) is 25.2 Å². The van der Waals surface area contributed by atoms with E-state index in [1.807, 2.05) is 19.2 Å². The quantitative estimate of drug-likeness (QED) is 0.935. The number of anilines is 1. The standard InChI is InChI=1S/C14H15N5S/c1-8-6-16-14(18-10-3-4-10)19-12(8)11(5-15)13-17-9(2)7-20-13/h6-7,10-11H,3-4H2,1-2H3,(H,16,18,19). The Balaban J connectivity index is 1.95. The number of thiazole rings is 1. The highest BCUT2D eigenvalue weighted by atomic mass is 32.1. The molecule has 1 saturated carbocycles. The van der Waals surface area contributed by atoms with Gasteiger partial charge in [-0.2, -0.15) is 5.26 Å². The average molecular weight is 285 g/mol. The molecule has 0 spiro atoms. The third-order valence-corrected chi connectivity index (χ3v) is 4.24. The van der Waals surface area contributed by atoms with Crippen LogP contribution in [-0.2, 0) is 0 Å². The minimum Gasteiger partial charge on any atom is -0.351 e. The minimum absolute atomic E-state index is 0.420. The Hall–Kier alpha value is -2.00. The second-order valence-corrected chi connectivity index (χ2v) is 5.96. The van der Waals surface area contributed by atoms with Gasteiger partial charge in [-0.3, -0.25) is 0 Å². The van der Waals surface area contributed by atoms with Crippen LogP contribution >= 0.6 is 11.3 Å². The van der Waals surface area contributed by atoms with Crippen LogP contribution in [0.25, 0.3) is 0 Å². The molecule has 2 heterocycles. The van der Waals surface area contributed by atoms with Gasteiger partial charge in [0.2, 0.25) is 5.95 Å². The maximum Gasteiger partial charge on any atom is 0.223 e. The SMILES string of the molecule is Cc1csc(C(C#N)c2nc(NC3CC3)ncc2C)n1. The van der Waals surface area contributed by atoms with E-state index in [0.717, 1.165) is 22.0 Å². The van der Waals surface area contributed by atoms with Gasteiger partial charge in [0.05, 0.1) is 11.8 Å². The summed E-state index contributed by atoms with van der Waals surface area (Å²) in [6.45, 7) is 3.86. The van der Waals surface area contributed by atoms with Gasteiger partial charge in [-0.05, 0) is 32.3 Å². The van der Waals surface area contributed by atoms with Crippen LogP contribution in [-0.4, -0.2) is 21.0 Å². The number of nitrogens with zero attached hydrogens (tertiary/aromatic N) is 4. The molecular weight excluding hydrogens is 270 g/mol. The number of nitriles is 1. The van der Waals surface area contributed by atoms with E-state index in [1.165, 1.54) is 24.2 Å². The number of aromatic nitrogens is 3. The highest BCUT2D eigenvalue weighted by Gasteiger charge is 2.24. The van der Waals surface area contributed by atoms with Gasteiger partial charge in [0.25, 0.3) is 0 Å². The molecule has 1 atom stereocenters. The third kappa shape index (κ3) is 2.63. The van der Waals surface area contributed by atoms with Crippen molar-refractivity contribution in [3.63, 3.8) is 0 Å². The van der Waals surface area contributed by atoms with Gasteiger partial charge in [-0.1, -0.05) is 0 Å². The summed E-state index contributed by atoms with van der Waals surface area (Å²) in [4.78, 5) is 13.2. The van der Waals surface area contributed by atoms with Gasteiger partial charge in [0.1, 0.15) is 10.9 Å². The smallest absolute Gasteiger partial charge is 0.223 e. The highest BCUT2D eigenvalue weighted by Crippen LogP contribution is 2.29. The Bertz CT molecular complexity index is 668. The molecule has 0 aromatic carbocycles. The lowest BCUT2D eigenvalue weighted by Gasteiger charge is -2.11. The lowest BCUT2D eigenvalue weighted by atomic mass is 10.0. The first-order chi connectivity index (χ1) is 9.67. The Morgan fingerprint density at radius 1 is 1.40 bits per heavy atom. The van der Waals surface area contributed by atoms with Crippen molar-refractivity contribution in [3.8, 4) is 6.07 Å². The molecule has 1 N–H and O–H groups in total. The van der Waals surface area contributed by atoms with Gasteiger partial charge >= 0.3 is 0 Å². The zero-order valence-electron chi connectivity index (χ0n) is 11.4.